The molecule has 1 aliphatic rings. The zero-order valence-electron chi connectivity index (χ0n) is 13.8. The lowest BCUT2D eigenvalue weighted by Gasteiger charge is -2.13. The molecule has 1 unspecified atom stereocenters. The Balaban J connectivity index is 1.50. The van der Waals surface area contributed by atoms with Gasteiger partial charge in [-0.3, -0.25) is 0 Å². The molecule has 4 rings (SSSR count). The number of hydrogen-bond donors (Lipinski definition) is 0. The molecule has 126 valence electrons. The largest absolute Gasteiger partial charge is 0.376 e. The van der Waals surface area contributed by atoms with Gasteiger partial charge in [0.25, 0.3) is 0 Å². The maximum absolute atomic E-state index is 5.78. The first-order valence-corrected chi connectivity index (χ1v) is 9.41. The Morgan fingerprint density at radius 2 is 2.29 bits per heavy atom. The van der Waals surface area contributed by atoms with Crippen LogP contribution in [0.1, 0.15) is 31.3 Å². The van der Waals surface area contributed by atoms with Crippen LogP contribution in [-0.2, 0) is 23.5 Å². The molecule has 0 aliphatic carbocycles. The van der Waals surface area contributed by atoms with Gasteiger partial charge in [0, 0.05) is 31.2 Å². The van der Waals surface area contributed by atoms with E-state index in [1.807, 2.05) is 28.8 Å². The first-order chi connectivity index (χ1) is 11.8. The highest BCUT2D eigenvalue weighted by atomic mass is 32.2. The van der Waals surface area contributed by atoms with E-state index in [1.165, 1.54) is 0 Å². The van der Waals surface area contributed by atoms with Gasteiger partial charge in [-0.1, -0.05) is 24.8 Å². The molecule has 0 spiro atoms. The number of thioether (sulfide) groups is 1. The highest BCUT2D eigenvalue weighted by Crippen LogP contribution is 2.24. The molecule has 24 heavy (non-hydrogen) atoms. The van der Waals surface area contributed by atoms with E-state index in [0.717, 1.165) is 60.5 Å². The standard InChI is InChI=1S/C17H21N5OS/c1-2-15-19-20-17(22(15)11-14-6-5-9-23-14)24-12-13-10-21-8-4-3-7-16(21)18-13/h3-4,7-8,10,14H,2,5-6,9,11-12H2,1H3. The fourth-order valence-electron chi connectivity index (χ4n) is 3.06. The average Bonchev–Trinajstić information content (AvgIpc) is 3.33. The van der Waals surface area contributed by atoms with Gasteiger partial charge in [0.15, 0.2) is 5.16 Å². The minimum Gasteiger partial charge on any atom is -0.376 e. The molecule has 0 bridgehead atoms. The number of hydrogen-bond acceptors (Lipinski definition) is 5. The molecule has 3 aromatic rings. The van der Waals surface area contributed by atoms with Gasteiger partial charge in [-0.15, -0.1) is 10.2 Å². The van der Waals surface area contributed by atoms with Crippen LogP contribution in [0.2, 0.25) is 0 Å². The number of ether oxygens (including phenoxy) is 1. The van der Waals surface area contributed by atoms with E-state index in [9.17, 15) is 0 Å². The Hall–Kier alpha value is -1.86. The lowest BCUT2D eigenvalue weighted by Crippen LogP contribution is -2.17. The molecule has 4 heterocycles. The topological polar surface area (TPSA) is 57.2 Å². The molecule has 0 amide bonds. The summed E-state index contributed by atoms with van der Waals surface area (Å²) in [4.78, 5) is 4.65. The summed E-state index contributed by atoms with van der Waals surface area (Å²) in [5, 5.41) is 9.68. The van der Waals surface area contributed by atoms with Gasteiger partial charge in [-0.25, -0.2) is 4.98 Å². The number of fused-ring (bicyclic) bond motifs is 1. The van der Waals surface area contributed by atoms with Gasteiger partial charge in [0.1, 0.15) is 11.5 Å². The van der Waals surface area contributed by atoms with E-state index in [4.69, 9.17) is 4.74 Å². The van der Waals surface area contributed by atoms with Gasteiger partial charge >= 0.3 is 0 Å². The van der Waals surface area contributed by atoms with Crippen LogP contribution in [0.3, 0.4) is 0 Å². The van der Waals surface area contributed by atoms with Crippen molar-refractivity contribution in [2.45, 2.75) is 49.7 Å². The lowest BCUT2D eigenvalue weighted by atomic mass is 10.2. The van der Waals surface area contributed by atoms with Crippen molar-refractivity contribution in [3.8, 4) is 0 Å². The molecule has 0 radical (unpaired) electrons. The van der Waals surface area contributed by atoms with Gasteiger partial charge in [0.05, 0.1) is 18.3 Å². The van der Waals surface area contributed by atoms with Crippen molar-refractivity contribution < 1.29 is 4.74 Å². The van der Waals surface area contributed by atoms with E-state index < -0.39 is 0 Å². The molecule has 6 nitrogen and oxygen atoms in total. The Morgan fingerprint density at radius 1 is 1.33 bits per heavy atom. The molecule has 1 saturated heterocycles. The van der Waals surface area contributed by atoms with E-state index in [1.54, 1.807) is 11.8 Å². The van der Waals surface area contributed by atoms with E-state index in [2.05, 4.69) is 32.9 Å². The summed E-state index contributed by atoms with van der Waals surface area (Å²) in [6, 6.07) is 6.03. The molecule has 7 heteroatoms. The van der Waals surface area contributed by atoms with Crippen LogP contribution in [0.15, 0.2) is 35.7 Å². The van der Waals surface area contributed by atoms with Crippen LogP contribution in [0, 0.1) is 0 Å². The number of rotatable bonds is 6. The molecule has 0 N–H and O–H groups in total. The zero-order chi connectivity index (χ0) is 16.4. The fourth-order valence-corrected chi connectivity index (χ4v) is 3.91. The third-order valence-electron chi connectivity index (χ3n) is 4.28. The Labute approximate surface area is 145 Å². The highest BCUT2D eigenvalue weighted by Gasteiger charge is 2.20. The quantitative estimate of drug-likeness (QED) is 0.644. The van der Waals surface area contributed by atoms with Gasteiger partial charge in [-0.2, -0.15) is 0 Å². The van der Waals surface area contributed by atoms with Crippen molar-refractivity contribution in [1.82, 2.24) is 24.1 Å². The second-order valence-corrected chi connectivity index (χ2v) is 6.93. The summed E-state index contributed by atoms with van der Waals surface area (Å²) in [5.41, 5.74) is 2.03. The number of aromatic nitrogens is 5. The third kappa shape index (κ3) is 3.18. The van der Waals surface area contributed by atoms with Crippen LogP contribution >= 0.6 is 11.8 Å². The SMILES string of the molecule is CCc1nnc(SCc2cn3ccccc3n2)n1CC1CCCO1. The molecular weight excluding hydrogens is 322 g/mol. The van der Waals surface area contributed by atoms with Crippen molar-refractivity contribution in [3.63, 3.8) is 0 Å². The summed E-state index contributed by atoms with van der Waals surface area (Å²) in [6.07, 6.45) is 7.54. The smallest absolute Gasteiger partial charge is 0.191 e. The Bertz CT molecular complexity index is 788. The first-order valence-electron chi connectivity index (χ1n) is 8.42. The summed E-state index contributed by atoms with van der Waals surface area (Å²) < 4.78 is 10.0. The van der Waals surface area contributed by atoms with E-state index >= 15 is 0 Å². The van der Waals surface area contributed by atoms with Crippen LogP contribution in [-0.4, -0.2) is 36.9 Å². The number of nitrogens with zero attached hydrogens (tertiary/aromatic N) is 5. The van der Waals surface area contributed by atoms with Crippen molar-refractivity contribution >= 4 is 17.4 Å². The van der Waals surface area contributed by atoms with Crippen LogP contribution in [0.25, 0.3) is 5.65 Å². The minimum atomic E-state index is 0.292. The summed E-state index contributed by atoms with van der Waals surface area (Å²) in [6.45, 7) is 3.84. The predicted molar refractivity (Wildman–Crippen MR) is 93.1 cm³/mol. The lowest BCUT2D eigenvalue weighted by molar-refractivity contribution is 0.0942. The van der Waals surface area contributed by atoms with Gasteiger partial charge in [0.2, 0.25) is 0 Å². The first kappa shape index (κ1) is 15.7. The van der Waals surface area contributed by atoms with Crippen LogP contribution in [0.5, 0.6) is 0 Å². The normalized spacial score (nSPS) is 17.8. The summed E-state index contributed by atoms with van der Waals surface area (Å²) in [5.74, 6) is 1.82. The molecule has 1 atom stereocenters. The maximum Gasteiger partial charge on any atom is 0.191 e. The average molecular weight is 343 g/mol. The highest BCUT2D eigenvalue weighted by molar-refractivity contribution is 7.98. The Kier molecular flexibility index (Phi) is 4.53. The maximum atomic E-state index is 5.78. The number of imidazole rings is 1. The summed E-state index contributed by atoms with van der Waals surface area (Å²) in [7, 11) is 0. The zero-order valence-corrected chi connectivity index (χ0v) is 14.6. The van der Waals surface area contributed by atoms with Gasteiger partial charge < -0.3 is 13.7 Å². The third-order valence-corrected chi connectivity index (χ3v) is 5.28. The van der Waals surface area contributed by atoms with E-state index in [-0.39, 0.29) is 0 Å². The molecule has 0 aromatic carbocycles. The molecule has 1 fully saturated rings. The van der Waals surface area contributed by atoms with E-state index in [0.29, 0.717) is 6.10 Å². The van der Waals surface area contributed by atoms with Crippen LogP contribution in [0.4, 0.5) is 0 Å². The van der Waals surface area contributed by atoms with Crippen LogP contribution < -0.4 is 0 Å². The minimum absolute atomic E-state index is 0.292. The summed E-state index contributed by atoms with van der Waals surface area (Å²) >= 11 is 1.69. The van der Waals surface area contributed by atoms with Crippen molar-refractivity contribution in [2.24, 2.45) is 0 Å². The van der Waals surface area contributed by atoms with Crippen molar-refractivity contribution in [1.29, 1.82) is 0 Å². The van der Waals surface area contributed by atoms with Crippen molar-refractivity contribution in [2.75, 3.05) is 6.61 Å². The monoisotopic (exact) mass is 343 g/mol. The fraction of sp³-hybridized carbons (Fsp3) is 0.471. The molecule has 1 aliphatic heterocycles. The Morgan fingerprint density at radius 3 is 3.08 bits per heavy atom. The molecular formula is C17H21N5OS. The number of pyridine rings is 1. The van der Waals surface area contributed by atoms with Crippen molar-refractivity contribution in [3.05, 3.63) is 42.1 Å². The molecule has 3 aromatic heterocycles. The molecule has 0 saturated carbocycles. The number of aryl methyl sites for hydroxylation is 1. The van der Waals surface area contributed by atoms with Gasteiger partial charge in [-0.05, 0) is 25.0 Å². The second kappa shape index (κ2) is 6.94. The predicted octanol–water partition coefficient (Wildman–Crippen LogP) is 2.96. The second-order valence-electron chi connectivity index (χ2n) is 5.99.